The first kappa shape index (κ1) is 13.8. The summed E-state index contributed by atoms with van der Waals surface area (Å²) in [7, 11) is 0. The van der Waals surface area contributed by atoms with Crippen molar-refractivity contribution >= 4 is 27.8 Å². The molecule has 1 aromatic heterocycles. The van der Waals surface area contributed by atoms with E-state index in [2.05, 4.69) is 21.2 Å². The molecule has 1 heterocycles. The molecule has 0 aliphatic heterocycles. The van der Waals surface area contributed by atoms with Gasteiger partial charge in [0.15, 0.2) is 4.67 Å². The lowest BCUT2D eigenvalue weighted by molar-refractivity contribution is -0.137. The molecule has 0 aliphatic carbocycles. The minimum absolute atomic E-state index is 0.0137. The highest BCUT2D eigenvalue weighted by Crippen LogP contribution is 2.19. The SMILES string of the molecule is CC(C)(CCC(=O)O)NC(=O)c1ccoc1Br. The number of carboxylic acid groups (broad SMARTS) is 1. The van der Waals surface area contributed by atoms with Gasteiger partial charge in [-0.3, -0.25) is 9.59 Å². The van der Waals surface area contributed by atoms with Crippen LogP contribution in [-0.2, 0) is 4.79 Å². The fraction of sp³-hybridized carbons (Fsp3) is 0.455. The molecule has 0 saturated carbocycles. The van der Waals surface area contributed by atoms with Crippen molar-refractivity contribution in [2.45, 2.75) is 32.2 Å². The Morgan fingerprint density at radius 3 is 2.65 bits per heavy atom. The maximum atomic E-state index is 11.8. The van der Waals surface area contributed by atoms with Crippen LogP contribution in [0, 0.1) is 0 Å². The molecule has 6 heteroatoms. The van der Waals surface area contributed by atoms with E-state index in [0.717, 1.165) is 0 Å². The molecule has 0 spiro atoms. The number of carbonyl (C=O) groups is 2. The van der Waals surface area contributed by atoms with Crippen LogP contribution in [0.2, 0.25) is 0 Å². The van der Waals surface area contributed by atoms with Crippen molar-refractivity contribution < 1.29 is 19.1 Å². The predicted octanol–water partition coefficient (Wildman–Crippen LogP) is 2.42. The number of carbonyl (C=O) groups excluding carboxylic acids is 1. The van der Waals surface area contributed by atoms with Crippen molar-refractivity contribution in [1.82, 2.24) is 5.32 Å². The van der Waals surface area contributed by atoms with Gasteiger partial charge in [-0.05, 0) is 42.3 Å². The van der Waals surface area contributed by atoms with E-state index < -0.39 is 11.5 Å². The van der Waals surface area contributed by atoms with Crippen LogP contribution in [0.5, 0.6) is 0 Å². The Bertz CT molecular complexity index is 425. The summed E-state index contributed by atoms with van der Waals surface area (Å²) in [4.78, 5) is 22.3. The van der Waals surface area contributed by atoms with Gasteiger partial charge in [-0.2, -0.15) is 0 Å². The van der Waals surface area contributed by atoms with E-state index in [-0.39, 0.29) is 12.3 Å². The molecule has 2 N–H and O–H groups in total. The van der Waals surface area contributed by atoms with Crippen molar-refractivity contribution in [3.63, 3.8) is 0 Å². The Balaban J connectivity index is 2.61. The average Bonchev–Trinajstić information content (AvgIpc) is 2.61. The highest BCUT2D eigenvalue weighted by molar-refractivity contribution is 9.10. The number of hydrogen-bond acceptors (Lipinski definition) is 3. The third kappa shape index (κ3) is 4.22. The zero-order valence-corrected chi connectivity index (χ0v) is 11.2. The maximum absolute atomic E-state index is 11.8. The average molecular weight is 304 g/mol. The summed E-state index contributed by atoms with van der Waals surface area (Å²) < 4.78 is 5.32. The lowest BCUT2D eigenvalue weighted by Crippen LogP contribution is -2.43. The minimum atomic E-state index is -0.878. The van der Waals surface area contributed by atoms with Crippen molar-refractivity contribution in [2.24, 2.45) is 0 Å². The fourth-order valence-electron chi connectivity index (χ4n) is 1.31. The van der Waals surface area contributed by atoms with E-state index in [1.165, 1.54) is 6.26 Å². The highest BCUT2D eigenvalue weighted by Gasteiger charge is 2.23. The van der Waals surface area contributed by atoms with Gasteiger partial charge in [-0.25, -0.2) is 0 Å². The third-order valence-corrected chi connectivity index (χ3v) is 2.89. The second-order valence-corrected chi connectivity index (χ2v) is 5.06. The molecule has 0 fully saturated rings. The van der Waals surface area contributed by atoms with Crippen LogP contribution in [0.4, 0.5) is 0 Å². The summed E-state index contributed by atoms with van der Waals surface area (Å²) in [5.74, 6) is -1.17. The lowest BCUT2D eigenvalue weighted by atomic mass is 9.98. The maximum Gasteiger partial charge on any atom is 0.303 e. The van der Waals surface area contributed by atoms with Gasteiger partial charge in [-0.15, -0.1) is 0 Å². The standard InChI is InChI=1S/C11H14BrNO4/c1-11(2,5-3-8(14)15)13-10(16)7-4-6-17-9(7)12/h4,6H,3,5H2,1-2H3,(H,13,16)(H,14,15). The van der Waals surface area contributed by atoms with Crippen LogP contribution in [0.1, 0.15) is 37.0 Å². The molecule has 94 valence electrons. The van der Waals surface area contributed by atoms with E-state index in [1.54, 1.807) is 19.9 Å². The van der Waals surface area contributed by atoms with Crippen molar-refractivity contribution in [3.05, 3.63) is 22.6 Å². The van der Waals surface area contributed by atoms with Gasteiger partial charge in [0.25, 0.3) is 5.91 Å². The van der Waals surface area contributed by atoms with Crippen LogP contribution in [0.15, 0.2) is 21.4 Å². The summed E-state index contributed by atoms with van der Waals surface area (Å²) in [6, 6.07) is 1.55. The van der Waals surface area contributed by atoms with Crippen LogP contribution in [0.25, 0.3) is 0 Å². The van der Waals surface area contributed by atoms with Gasteiger partial charge >= 0.3 is 5.97 Å². The molecule has 0 aliphatic rings. The molecule has 5 nitrogen and oxygen atoms in total. The van der Waals surface area contributed by atoms with Crippen LogP contribution < -0.4 is 5.32 Å². The summed E-state index contributed by atoms with van der Waals surface area (Å²) >= 11 is 3.12. The minimum Gasteiger partial charge on any atom is -0.481 e. The molecule has 0 unspecified atom stereocenters. The van der Waals surface area contributed by atoms with E-state index in [1.807, 2.05) is 0 Å². The summed E-state index contributed by atoms with van der Waals surface area (Å²) in [6.07, 6.45) is 1.78. The number of halogens is 1. The molecule has 0 bridgehead atoms. The number of amides is 1. The monoisotopic (exact) mass is 303 g/mol. The number of nitrogens with one attached hydrogen (secondary N) is 1. The zero-order chi connectivity index (χ0) is 13.1. The molecule has 1 rings (SSSR count). The van der Waals surface area contributed by atoms with Crippen molar-refractivity contribution in [2.75, 3.05) is 0 Å². The van der Waals surface area contributed by atoms with Crippen LogP contribution >= 0.6 is 15.9 Å². The molecular weight excluding hydrogens is 290 g/mol. The Morgan fingerprint density at radius 2 is 2.18 bits per heavy atom. The third-order valence-electron chi connectivity index (χ3n) is 2.28. The molecule has 1 amide bonds. The Labute approximate surface area is 107 Å². The largest absolute Gasteiger partial charge is 0.481 e. The van der Waals surface area contributed by atoms with E-state index in [9.17, 15) is 9.59 Å². The normalized spacial score (nSPS) is 11.2. The second kappa shape index (κ2) is 5.35. The molecule has 0 aromatic carbocycles. The lowest BCUT2D eigenvalue weighted by Gasteiger charge is -2.25. The summed E-state index contributed by atoms with van der Waals surface area (Å²) in [5.41, 5.74) is -0.181. The Kier molecular flexibility index (Phi) is 4.34. The molecule has 0 atom stereocenters. The smallest absolute Gasteiger partial charge is 0.303 e. The van der Waals surface area contributed by atoms with Crippen molar-refractivity contribution in [1.29, 1.82) is 0 Å². The van der Waals surface area contributed by atoms with Gasteiger partial charge < -0.3 is 14.8 Å². The molecule has 17 heavy (non-hydrogen) atoms. The van der Waals surface area contributed by atoms with Gasteiger partial charge in [0, 0.05) is 12.0 Å². The van der Waals surface area contributed by atoms with Gasteiger partial charge in [0.1, 0.15) is 0 Å². The summed E-state index contributed by atoms with van der Waals surface area (Å²) in [5, 5.41) is 11.4. The molecule has 1 aromatic rings. The highest BCUT2D eigenvalue weighted by atomic mass is 79.9. The fourth-order valence-corrected chi connectivity index (χ4v) is 1.73. The first-order valence-corrected chi connectivity index (χ1v) is 5.88. The van der Waals surface area contributed by atoms with Gasteiger partial charge in [-0.1, -0.05) is 0 Å². The van der Waals surface area contributed by atoms with Crippen LogP contribution in [-0.4, -0.2) is 22.5 Å². The van der Waals surface area contributed by atoms with E-state index >= 15 is 0 Å². The van der Waals surface area contributed by atoms with Gasteiger partial charge in [0.2, 0.25) is 0 Å². The number of aliphatic carboxylic acids is 1. The first-order chi connectivity index (χ1) is 7.82. The number of hydrogen-bond donors (Lipinski definition) is 2. The summed E-state index contributed by atoms with van der Waals surface area (Å²) in [6.45, 7) is 3.56. The second-order valence-electron chi connectivity index (χ2n) is 4.34. The van der Waals surface area contributed by atoms with Crippen LogP contribution in [0.3, 0.4) is 0 Å². The topological polar surface area (TPSA) is 79.5 Å². The molecule has 0 saturated heterocycles. The number of carboxylic acids is 1. The van der Waals surface area contributed by atoms with E-state index in [4.69, 9.17) is 9.52 Å². The Hall–Kier alpha value is -1.30. The number of furan rings is 1. The molecular formula is C11H14BrNO4. The first-order valence-electron chi connectivity index (χ1n) is 5.09. The molecule has 0 radical (unpaired) electrons. The Morgan fingerprint density at radius 1 is 1.53 bits per heavy atom. The zero-order valence-electron chi connectivity index (χ0n) is 9.62. The quantitative estimate of drug-likeness (QED) is 0.875. The van der Waals surface area contributed by atoms with Gasteiger partial charge in [0.05, 0.1) is 11.8 Å². The number of rotatable bonds is 5. The van der Waals surface area contributed by atoms with E-state index in [0.29, 0.717) is 16.7 Å². The predicted molar refractivity (Wildman–Crippen MR) is 64.8 cm³/mol. The van der Waals surface area contributed by atoms with Crippen molar-refractivity contribution in [3.8, 4) is 0 Å².